The molecule has 3 aromatic heterocycles. The Labute approximate surface area is 272 Å². The summed E-state index contributed by atoms with van der Waals surface area (Å²) in [6, 6.07) is 16.6. The maximum Gasteiger partial charge on any atom is 0.227 e. The Balaban J connectivity index is 1.36. The number of imidazole rings is 1. The standard InChI is InChI=1S/C35H30F2N6O3S/c1-19-33(20(2)46-41-19)23-11-14-29-27(16-23)39-34(30-5-4-6-32(45)42(30)24-12-13-25(36)26(37)17-24)43(29)35-40-28(18-47-35)22-9-7-21(8-10-22)15-31(44)38-3/h7-14,16-18,30H,4-6,15H2,1-3H3,(H,38,44)/t30-/m0/s1. The molecule has 6 aromatic rings. The van der Waals surface area contributed by atoms with E-state index in [-0.39, 0.29) is 30.3 Å². The van der Waals surface area contributed by atoms with Gasteiger partial charge < -0.3 is 14.7 Å². The second-order valence-corrected chi connectivity index (χ2v) is 12.4. The number of anilines is 1. The van der Waals surface area contributed by atoms with Gasteiger partial charge in [0.25, 0.3) is 0 Å². The number of carbonyl (C=O) groups is 2. The number of aromatic nitrogens is 4. The Bertz CT molecular complexity index is 2130. The van der Waals surface area contributed by atoms with E-state index in [9.17, 15) is 18.4 Å². The number of aryl methyl sites for hydroxylation is 2. The van der Waals surface area contributed by atoms with Gasteiger partial charge in [-0.05, 0) is 62.1 Å². The van der Waals surface area contributed by atoms with E-state index < -0.39 is 17.7 Å². The number of benzene rings is 3. The predicted molar refractivity (Wildman–Crippen MR) is 175 cm³/mol. The van der Waals surface area contributed by atoms with Crippen molar-refractivity contribution in [1.29, 1.82) is 0 Å². The SMILES string of the molecule is CNC(=O)Cc1ccc(-c2csc(-n3c([C@@H]4CCCC(=O)N4c4ccc(F)c(F)c4)nc4cc(-c5c(C)noc5C)ccc43)n2)cc1. The highest BCUT2D eigenvalue weighted by molar-refractivity contribution is 7.12. The van der Waals surface area contributed by atoms with Crippen LogP contribution in [0.25, 0.3) is 38.5 Å². The van der Waals surface area contributed by atoms with E-state index in [1.165, 1.54) is 22.3 Å². The molecule has 0 spiro atoms. The van der Waals surface area contributed by atoms with Crippen molar-refractivity contribution in [3.8, 4) is 27.5 Å². The van der Waals surface area contributed by atoms with Gasteiger partial charge in [-0.2, -0.15) is 0 Å². The second-order valence-electron chi connectivity index (χ2n) is 11.5. The quantitative estimate of drug-likeness (QED) is 0.195. The summed E-state index contributed by atoms with van der Waals surface area (Å²) in [5.41, 5.74) is 6.77. The molecule has 47 heavy (non-hydrogen) atoms. The Morgan fingerprint density at radius 1 is 1.02 bits per heavy atom. The average Bonchev–Trinajstić information content (AvgIpc) is 3.79. The molecule has 12 heteroatoms. The first-order valence-corrected chi connectivity index (χ1v) is 16.1. The van der Waals surface area contributed by atoms with Gasteiger partial charge in [0.1, 0.15) is 11.6 Å². The molecule has 0 radical (unpaired) electrons. The molecule has 0 bridgehead atoms. The van der Waals surface area contributed by atoms with Crippen molar-refractivity contribution in [2.24, 2.45) is 0 Å². The molecule has 2 amide bonds. The van der Waals surface area contributed by atoms with Crippen molar-refractivity contribution in [2.45, 2.75) is 45.6 Å². The minimum absolute atomic E-state index is 0.0654. The molecule has 9 nitrogen and oxygen atoms in total. The summed E-state index contributed by atoms with van der Waals surface area (Å²) in [4.78, 5) is 36.9. The van der Waals surface area contributed by atoms with Gasteiger partial charge in [-0.3, -0.25) is 14.2 Å². The molecule has 1 fully saturated rings. The van der Waals surface area contributed by atoms with Crippen molar-refractivity contribution < 1.29 is 22.9 Å². The van der Waals surface area contributed by atoms with E-state index in [1.807, 2.05) is 66.3 Å². The second kappa shape index (κ2) is 12.2. The number of amides is 2. The predicted octanol–water partition coefficient (Wildman–Crippen LogP) is 7.25. The van der Waals surface area contributed by atoms with Crippen molar-refractivity contribution in [1.82, 2.24) is 25.0 Å². The number of carbonyl (C=O) groups excluding carboxylic acids is 2. The zero-order valence-corrected chi connectivity index (χ0v) is 26.7. The van der Waals surface area contributed by atoms with E-state index in [2.05, 4.69) is 10.5 Å². The Morgan fingerprint density at radius 3 is 2.53 bits per heavy atom. The number of hydrogen-bond donors (Lipinski definition) is 1. The van der Waals surface area contributed by atoms with E-state index in [0.717, 1.165) is 51.3 Å². The molecule has 238 valence electrons. The molecule has 0 saturated carbocycles. The first-order chi connectivity index (χ1) is 22.7. The number of piperidine rings is 1. The molecule has 7 rings (SSSR count). The zero-order chi connectivity index (χ0) is 32.8. The number of hydrogen-bond acceptors (Lipinski definition) is 7. The molecule has 0 aliphatic carbocycles. The summed E-state index contributed by atoms with van der Waals surface area (Å²) in [6.07, 6.45) is 1.75. The number of nitrogens with zero attached hydrogens (tertiary/aromatic N) is 5. The lowest BCUT2D eigenvalue weighted by atomic mass is 9.99. The highest BCUT2D eigenvalue weighted by Crippen LogP contribution is 2.40. The fourth-order valence-corrected chi connectivity index (χ4v) is 7.07. The summed E-state index contributed by atoms with van der Waals surface area (Å²) in [6.45, 7) is 3.74. The van der Waals surface area contributed by atoms with Crippen LogP contribution >= 0.6 is 11.3 Å². The van der Waals surface area contributed by atoms with E-state index in [4.69, 9.17) is 14.5 Å². The van der Waals surface area contributed by atoms with Gasteiger partial charge in [-0.25, -0.2) is 18.7 Å². The van der Waals surface area contributed by atoms with Crippen molar-refractivity contribution >= 4 is 39.9 Å². The first-order valence-electron chi connectivity index (χ1n) is 15.2. The molecule has 4 heterocycles. The lowest BCUT2D eigenvalue weighted by Gasteiger charge is -2.35. The van der Waals surface area contributed by atoms with Crippen LogP contribution in [0.2, 0.25) is 0 Å². The number of thiazole rings is 1. The van der Waals surface area contributed by atoms with Gasteiger partial charge in [0.05, 0.1) is 34.9 Å². The zero-order valence-electron chi connectivity index (χ0n) is 25.9. The number of rotatable bonds is 7. The molecule has 1 aliphatic rings. The van der Waals surface area contributed by atoms with Gasteiger partial charge in [-0.15, -0.1) is 11.3 Å². The van der Waals surface area contributed by atoms with Crippen molar-refractivity contribution in [3.63, 3.8) is 0 Å². The third kappa shape index (κ3) is 5.58. The Hall–Kier alpha value is -5.23. The molecule has 0 unspecified atom stereocenters. The van der Waals surface area contributed by atoms with Crippen LogP contribution in [0.5, 0.6) is 0 Å². The van der Waals surface area contributed by atoms with Crippen LogP contribution in [-0.2, 0) is 16.0 Å². The lowest BCUT2D eigenvalue weighted by Crippen LogP contribution is -2.39. The van der Waals surface area contributed by atoms with Crippen molar-refractivity contribution in [2.75, 3.05) is 11.9 Å². The maximum atomic E-state index is 14.4. The highest BCUT2D eigenvalue weighted by Gasteiger charge is 2.35. The summed E-state index contributed by atoms with van der Waals surface area (Å²) in [5.74, 6) is -1.01. The van der Waals surface area contributed by atoms with Crippen LogP contribution in [0.3, 0.4) is 0 Å². The van der Waals surface area contributed by atoms with Crippen LogP contribution in [-0.4, -0.2) is 38.6 Å². The Morgan fingerprint density at radius 2 is 1.81 bits per heavy atom. The minimum atomic E-state index is -1.02. The summed E-state index contributed by atoms with van der Waals surface area (Å²) in [5, 5.41) is 9.34. The van der Waals surface area contributed by atoms with Gasteiger partial charge in [0.15, 0.2) is 16.8 Å². The fraction of sp³-hybridized carbons (Fsp3) is 0.229. The number of likely N-dealkylation sites (N-methyl/N-ethyl adjacent to an activating group) is 1. The fourth-order valence-electron chi connectivity index (χ4n) is 6.21. The van der Waals surface area contributed by atoms with Gasteiger partial charge in [0.2, 0.25) is 11.8 Å². The molecule has 1 atom stereocenters. The van der Waals surface area contributed by atoms with Crippen LogP contribution in [0.4, 0.5) is 14.5 Å². The summed E-state index contributed by atoms with van der Waals surface area (Å²) < 4.78 is 35.7. The third-order valence-corrected chi connectivity index (χ3v) is 9.33. The molecule has 1 N–H and O–H groups in total. The lowest BCUT2D eigenvalue weighted by molar-refractivity contribution is -0.121. The van der Waals surface area contributed by atoms with Gasteiger partial charge >= 0.3 is 0 Å². The molecular weight excluding hydrogens is 622 g/mol. The van der Waals surface area contributed by atoms with Crippen LogP contribution in [0.1, 0.15) is 48.1 Å². The number of halogens is 2. The average molecular weight is 653 g/mol. The van der Waals surface area contributed by atoms with Crippen molar-refractivity contribution in [3.05, 3.63) is 101 Å². The third-order valence-electron chi connectivity index (χ3n) is 8.51. The monoisotopic (exact) mass is 652 g/mol. The van der Waals surface area contributed by atoms with Crippen LogP contribution < -0.4 is 10.2 Å². The van der Waals surface area contributed by atoms with E-state index in [1.54, 1.807) is 7.05 Å². The van der Waals surface area contributed by atoms with Gasteiger partial charge in [-0.1, -0.05) is 35.5 Å². The first kappa shape index (κ1) is 30.4. The smallest absolute Gasteiger partial charge is 0.227 e. The maximum absolute atomic E-state index is 14.4. The molecule has 1 aliphatic heterocycles. The largest absolute Gasteiger partial charge is 0.361 e. The highest BCUT2D eigenvalue weighted by atomic mass is 32.1. The van der Waals surface area contributed by atoms with Gasteiger partial charge in [0, 0.05) is 41.7 Å². The summed E-state index contributed by atoms with van der Waals surface area (Å²) >= 11 is 1.43. The van der Waals surface area contributed by atoms with E-state index >= 15 is 0 Å². The van der Waals surface area contributed by atoms with Crippen LogP contribution in [0, 0.1) is 25.5 Å². The Kier molecular flexibility index (Phi) is 7.88. The normalized spacial score (nSPS) is 15.0. The summed E-state index contributed by atoms with van der Waals surface area (Å²) in [7, 11) is 1.61. The number of nitrogens with one attached hydrogen (secondary N) is 1. The molecular formula is C35H30F2N6O3S. The molecule has 3 aromatic carbocycles. The minimum Gasteiger partial charge on any atom is -0.361 e. The molecule has 1 saturated heterocycles. The van der Waals surface area contributed by atoms with E-state index in [0.29, 0.717) is 35.1 Å². The number of fused-ring (bicyclic) bond motifs is 1. The van der Waals surface area contributed by atoms with Crippen LogP contribution in [0.15, 0.2) is 70.6 Å². The topological polar surface area (TPSA) is 106 Å².